The first-order chi connectivity index (χ1) is 7.76. The lowest BCUT2D eigenvalue weighted by atomic mass is 10.0. The third-order valence-corrected chi connectivity index (χ3v) is 2.80. The molecule has 1 saturated heterocycles. The van der Waals surface area contributed by atoms with E-state index in [0.29, 0.717) is 19.8 Å². The highest BCUT2D eigenvalue weighted by Crippen LogP contribution is 2.21. The highest BCUT2D eigenvalue weighted by molar-refractivity contribution is 5.76. The van der Waals surface area contributed by atoms with Gasteiger partial charge >= 0.3 is 6.03 Å². The molecule has 1 aromatic rings. The summed E-state index contributed by atoms with van der Waals surface area (Å²) < 4.78 is 12.1. The molecule has 6 nitrogen and oxygen atoms in total. The van der Waals surface area contributed by atoms with Crippen LogP contribution >= 0.6 is 0 Å². The maximum absolute atomic E-state index is 11.6. The maximum atomic E-state index is 11.6. The number of methoxy groups -OCH3 is 1. The Bertz CT molecular complexity index is 344. The lowest BCUT2D eigenvalue weighted by molar-refractivity contribution is -0.0137. The van der Waals surface area contributed by atoms with Crippen molar-refractivity contribution in [2.45, 2.75) is 12.0 Å². The van der Waals surface area contributed by atoms with E-state index in [4.69, 9.17) is 9.47 Å². The fourth-order valence-corrected chi connectivity index (χ4v) is 1.67. The van der Waals surface area contributed by atoms with Crippen molar-refractivity contribution in [2.24, 2.45) is 0 Å². The van der Waals surface area contributed by atoms with Crippen molar-refractivity contribution in [3.05, 3.63) is 18.7 Å². The second-order valence-electron chi connectivity index (χ2n) is 3.82. The number of hydrogen-bond donors (Lipinski definition) is 1. The molecule has 1 aliphatic rings. The molecular weight excluding hydrogens is 210 g/mol. The molecule has 2 rings (SSSR count). The summed E-state index contributed by atoms with van der Waals surface area (Å²) in [6.07, 6.45) is 5.41. The highest BCUT2D eigenvalue weighted by Gasteiger charge is 2.35. The van der Waals surface area contributed by atoms with Gasteiger partial charge in [-0.1, -0.05) is 0 Å². The van der Waals surface area contributed by atoms with Gasteiger partial charge in [0.25, 0.3) is 0 Å². The summed E-state index contributed by atoms with van der Waals surface area (Å²) in [4.78, 5) is 15.4. The standard InChI is InChI=1S/C10H15N3O3/c1-15-10(2-5-16-7-10)6-12-9(14)13-4-3-11-8-13/h3-4,8H,2,5-7H2,1H3,(H,12,14). The van der Waals surface area contributed by atoms with Crippen LogP contribution < -0.4 is 5.32 Å². The number of imidazole rings is 1. The van der Waals surface area contributed by atoms with E-state index in [9.17, 15) is 4.79 Å². The predicted molar refractivity (Wildman–Crippen MR) is 56.2 cm³/mol. The molecule has 2 heterocycles. The van der Waals surface area contributed by atoms with Gasteiger partial charge in [-0.25, -0.2) is 9.78 Å². The molecule has 88 valence electrons. The molecule has 16 heavy (non-hydrogen) atoms. The summed E-state index contributed by atoms with van der Waals surface area (Å²) in [5.74, 6) is 0. The molecule has 1 atom stereocenters. The number of nitrogens with zero attached hydrogens (tertiary/aromatic N) is 2. The van der Waals surface area contributed by atoms with Crippen molar-refractivity contribution in [3.8, 4) is 0 Å². The van der Waals surface area contributed by atoms with Gasteiger partial charge in [0, 0.05) is 32.5 Å². The number of rotatable bonds is 3. The van der Waals surface area contributed by atoms with Crippen molar-refractivity contribution >= 4 is 6.03 Å². The van der Waals surface area contributed by atoms with Crippen molar-refractivity contribution in [2.75, 3.05) is 26.9 Å². The van der Waals surface area contributed by atoms with Gasteiger partial charge in [0.15, 0.2) is 0 Å². The average Bonchev–Trinajstić information content (AvgIpc) is 2.98. The number of carbonyl (C=O) groups is 1. The van der Waals surface area contributed by atoms with Crippen LogP contribution in [0.3, 0.4) is 0 Å². The number of amides is 1. The molecule has 1 fully saturated rings. The quantitative estimate of drug-likeness (QED) is 0.800. The van der Waals surface area contributed by atoms with Crippen LogP contribution in [0.4, 0.5) is 4.79 Å². The van der Waals surface area contributed by atoms with E-state index in [1.54, 1.807) is 19.5 Å². The lowest BCUT2D eigenvalue weighted by Gasteiger charge is -2.25. The molecule has 0 radical (unpaired) electrons. The monoisotopic (exact) mass is 225 g/mol. The molecule has 0 saturated carbocycles. The van der Waals surface area contributed by atoms with Crippen molar-refractivity contribution < 1.29 is 14.3 Å². The van der Waals surface area contributed by atoms with E-state index in [1.165, 1.54) is 10.9 Å². The number of hydrogen-bond acceptors (Lipinski definition) is 4. The van der Waals surface area contributed by atoms with E-state index in [1.807, 2.05) is 0 Å². The van der Waals surface area contributed by atoms with Gasteiger partial charge < -0.3 is 14.8 Å². The Kier molecular flexibility index (Phi) is 3.21. The van der Waals surface area contributed by atoms with Gasteiger partial charge in [0.1, 0.15) is 11.9 Å². The van der Waals surface area contributed by atoms with Crippen LogP contribution in [-0.4, -0.2) is 48.1 Å². The van der Waals surface area contributed by atoms with Crippen molar-refractivity contribution in [1.82, 2.24) is 14.9 Å². The molecule has 0 aromatic carbocycles. The summed E-state index contributed by atoms with van der Waals surface area (Å²) in [6, 6.07) is -0.208. The van der Waals surface area contributed by atoms with Gasteiger partial charge in [0.2, 0.25) is 0 Å². The predicted octanol–water partition coefficient (Wildman–Crippen LogP) is 0.246. The summed E-state index contributed by atoms with van der Waals surface area (Å²) in [6.45, 7) is 1.64. The number of carbonyl (C=O) groups excluding carboxylic acids is 1. The fourth-order valence-electron chi connectivity index (χ4n) is 1.67. The molecule has 6 heteroatoms. The van der Waals surface area contributed by atoms with E-state index >= 15 is 0 Å². The molecule has 0 aliphatic carbocycles. The topological polar surface area (TPSA) is 65.4 Å². The van der Waals surface area contributed by atoms with Crippen LogP contribution in [0.2, 0.25) is 0 Å². The SMILES string of the molecule is COC1(CNC(=O)n2ccnc2)CCOC1. The van der Waals surface area contributed by atoms with Gasteiger partial charge in [-0.15, -0.1) is 0 Å². The smallest absolute Gasteiger partial charge is 0.326 e. The van der Waals surface area contributed by atoms with E-state index in [2.05, 4.69) is 10.3 Å². The molecule has 1 unspecified atom stereocenters. The normalized spacial score (nSPS) is 24.6. The minimum Gasteiger partial charge on any atom is -0.378 e. The van der Waals surface area contributed by atoms with Crippen molar-refractivity contribution in [3.63, 3.8) is 0 Å². The minimum atomic E-state index is -0.379. The van der Waals surface area contributed by atoms with E-state index in [0.717, 1.165) is 6.42 Å². The van der Waals surface area contributed by atoms with Gasteiger partial charge in [-0.2, -0.15) is 0 Å². The zero-order valence-corrected chi connectivity index (χ0v) is 9.18. The summed E-state index contributed by atoms with van der Waals surface area (Å²) in [5, 5.41) is 2.80. The molecule has 1 aromatic heterocycles. The van der Waals surface area contributed by atoms with Crippen LogP contribution in [0.25, 0.3) is 0 Å². The lowest BCUT2D eigenvalue weighted by Crippen LogP contribution is -2.45. The van der Waals surface area contributed by atoms with Crippen LogP contribution in [0.1, 0.15) is 6.42 Å². The van der Waals surface area contributed by atoms with Crippen LogP contribution in [0.15, 0.2) is 18.7 Å². The van der Waals surface area contributed by atoms with Crippen LogP contribution in [-0.2, 0) is 9.47 Å². The van der Waals surface area contributed by atoms with Gasteiger partial charge in [0.05, 0.1) is 13.2 Å². The van der Waals surface area contributed by atoms with E-state index < -0.39 is 0 Å². The highest BCUT2D eigenvalue weighted by atomic mass is 16.5. The van der Waals surface area contributed by atoms with Gasteiger partial charge in [-0.05, 0) is 0 Å². The molecule has 1 aliphatic heterocycles. The van der Waals surface area contributed by atoms with Crippen molar-refractivity contribution in [1.29, 1.82) is 0 Å². The molecular formula is C10H15N3O3. The van der Waals surface area contributed by atoms with Crippen LogP contribution in [0.5, 0.6) is 0 Å². The Morgan fingerprint density at radius 3 is 3.19 bits per heavy atom. The Hall–Kier alpha value is -1.40. The number of ether oxygens (including phenoxy) is 2. The molecule has 0 spiro atoms. The second-order valence-corrected chi connectivity index (χ2v) is 3.82. The first-order valence-electron chi connectivity index (χ1n) is 5.15. The molecule has 1 N–H and O–H groups in total. The number of nitrogens with one attached hydrogen (secondary N) is 1. The summed E-state index contributed by atoms with van der Waals surface area (Å²) in [5.41, 5.74) is -0.379. The second kappa shape index (κ2) is 4.63. The third kappa shape index (κ3) is 2.23. The fraction of sp³-hybridized carbons (Fsp3) is 0.600. The zero-order valence-electron chi connectivity index (χ0n) is 9.18. The summed E-state index contributed by atoms with van der Waals surface area (Å²) in [7, 11) is 1.64. The largest absolute Gasteiger partial charge is 0.378 e. The Morgan fingerprint density at radius 2 is 2.62 bits per heavy atom. The first-order valence-corrected chi connectivity index (χ1v) is 5.15. The van der Waals surface area contributed by atoms with Gasteiger partial charge in [-0.3, -0.25) is 4.57 Å². The minimum absolute atomic E-state index is 0.208. The van der Waals surface area contributed by atoms with E-state index in [-0.39, 0.29) is 11.6 Å². The Labute approximate surface area is 93.6 Å². The molecule has 0 bridgehead atoms. The first kappa shape index (κ1) is 11.1. The maximum Gasteiger partial charge on any atom is 0.326 e. The van der Waals surface area contributed by atoms with Crippen LogP contribution in [0, 0.1) is 0 Å². The third-order valence-electron chi connectivity index (χ3n) is 2.80. The molecule has 1 amide bonds. The average molecular weight is 225 g/mol. The summed E-state index contributed by atoms with van der Waals surface area (Å²) >= 11 is 0. The zero-order chi connectivity index (χ0) is 11.4. The Morgan fingerprint density at radius 1 is 1.75 bits per heavy atom. The number of aromatic nitrogens is 2. The Balaban J connectivity index is 1.89.